The van der Waals surface area contributed by atoms with Crippen molar-refractivity contribution in [2.45, 2.75) is 32.8 Å². The molecule has 0 atom stereocenters. The van der Waals surface area contributed by atoms with Gasteiger partial charge in [-0.3, -0.25) is 9.36 Å². The Morgan fingerprint density at radius 2 is 1.79 bits per heavy atom. The number of carbonyl (C=O) groups excluding carboxylic acids is 1. The van der Waals surface area contributed by atoms with Crippen molar-refractivity contribution in [1.82, 2.24) is 14.9 Å². The number of benzene rings is 2. The van der Waals surface area contributed by atoms with Gasteiger partial charge < -0.3 is 14.8 Å². The summed E-state index contributed by atoms with van der Waals surface area (Å²) in [6.45, 7) is 5.70. The van der Waals surface area contributed by atoms with Crippen molar-refractivity contribution in [2.75, 3.05) is 13.7 Å². The molecule has 152 valence electrons. The molecule has 3 aromatic rings. The number of alkyl carbamates (subject to hydrolysis) is 1. The van der Waals surface area contributed by atoms with E-state index in [1.165, 1.54) is 0 Å². The van der Waals surface area contributed by atoms with E-state index in [1.807, 2.05) is 24.3 Å². The van der Waals surface area contributed by atoms with Gasteiger partial charge in [-0.2, -0.15) is 0 Å². The molecule has 0 fully saturated rings. The van der Waals surface area contributed by atoms with Gasteiger partial charge in [-0.25, -0.2) is 9.78 Å². The number of ether oxygens (including phenoxy) is 2. The maximum atomic E-state index is 13.2. The smallest absolute Gasteiger partial charge is 0.407 e. The standard InChI is InChI=1S/C22H25N3O4/c1-22(2,3)29-21(27)23-14-13-19-24-18-8-6-5-7-17(18)20(26)25(19)15-9-11-16(28-4)12-10-15/h5-12H,13-14H2,1-4H3,(H,23,27). The van der Waals surface area contributed by atoms with E-state index >= 15 is 0 Å². The number of fused-ring (bicyclic) bond motifs is 1. The first kappa shape index (κ1) is 20.4. The number of amides is 1. The number of hydrogen-bond acceptors (Lipinski definition) is 5. The van der Waals surface area contributed by atoms with Gasteiger partial charge in [-0.05, 0) is 57.2 Å². The Morgan fingerprint density at radius 3 is 2.45 bits per heavy atom. The SMILES string of the molecule is COc1ccc(-n2c(CCNC(=O)OC(C)(C)C)nc3ccccc3c2=O)cc1. The van der Waals surface area contributed by atoms with Crippen molar-refractivity contribution >= 4 is 17.0 Å². The van der Waals surface area contributed by atoms with Crippen LogP contribution in [0.15, 0.2) is 53.3 Å². The molecule has 7 heteroatoms. The first-order valence-corrected chi connectivity index (χ1v) is 9.40. The maximum Gasteiger partial charge on any atom is 0.407 e. The molecular weight excluding hydrogens is 370 g/mol. The minimum atomic E-state index is -0.573. The number of nitrogens with zero attached hydrogens (tertiary/aromatic N) is 2. The highest BCUT2D eigenvalue weighted by atomic mass is 16.6. The Labute approximate surface area is 169 Å². The summed E-state index contributed by atoms with van der Waals surface area (Å²) in [7, 11) is 1.59. The largest absolute Gasteiger partial charge is 0.497 e. The predicted molar refractivity (Wildman–Crippen MR) is 112 cm³/mol. The van der Waals surface area contributed by atoms with E-state index in [9.17, 15) is 9.59 Å². The summed E-state index contributed by atoms with van der Waals surface area (Å²) in [6.07, 6.45) is -0.137. The van der Waals surface area contributed by atoms with Gasteiger partial charge in [-0.1, -0.05) is 12.1 Å². The Balaban J connectivity index is 1.94. The third-order valence-electron chi connectivity index (χ3n) is 4.19. The summed E-state index contributed by atoms with van der Waals surface area (Å²) in [4.78, 5) is 29.8. The average Bonchev–Trinajstić information content (AvgIpc) is 2.67. The van der Waals surface area contributed by atoms with Crippen LogP contribution in [-0.2, 0) is 11.2 Å². The van der Waals surface area contributed by atoms with Crippen LogP contribution in [0.25, 0.3) is 16.6 Å². The number of para-hydroxylation sites is 1. The zero-order valence-corrected chi connectivity index (χ0v) is 17.1. The quantitative estimate of drug-likeness (QED) is 0.715. The second kappa shape index (κ2) is 8.34. The Kier molecular flexibility index (Phi) is 5.87. The number of nitrogens with one attached hydrogen (secondary N) is 1. The number of rotatable bonds is 5. The highest BCUT2D eigenvalue weighted by Gasteiger charge is 2.17. The van der Waals surface area contributed by atoms with Gasteiger partial charge in [0.05, 0.1) is 23.7 Å². The van der Waals surface area contributed by atoms with Crippen LogP contribution in [0.2, 0.25) is 0 Å². The predicted octanol–water partition coefficient (Wildman–Crippen LogP) is 3.46. The maximum absolute atomic E-state index is 13.2. The second-order valence-electron chi connectivity index (χ2n) is 7.56. The molecule has 3 rings (SSSR count). The molecular formula is C22H25N3O4. The summed E-state index contributed by atoms with van der Waals surface area (Å²) in [6, 6.07) is 14.4. The van der Waals surface area contributed by atoms with Crippen molar-refractivity contribution in [3.8, 4) is 11.4 Å². The third kappa shape index (κ3) is 4.93. The summed E-state index contributed by atoms with van der Waals surface area (Å²) in [5, 5.41) is 3.25. The topological polar surface area (TPSA) is 82.4 Å². The van der Waals surface area contributed by atoms with Crippen molar-refractivity contribution in [2.24, 2.45) is 0 Å². The molecule has 1 N–H and O–H groups in total. The lowest BCUT2D eigenvalue weighted by atomic mass is 10.2. The van der Waals surface area contributed by atoms with Crippen LogP contribution < -0.4 is 15.6 Å². The highest BCUT2D eigenvalue weighted by Crippen LogP contribution is 2.17. The molecule has 0 aliphatic heterocycles. The summed E-state index contributed by atoms with van der Waals surface area (Å²) in [5.74, 6) is 1.25. The molecule has 0 aliphatic rings. The van der Waals surface area contributed by atoms with Gasteiger partial charge >= 0.3 is 6.09 Å². The van der Waals surface area contributed by atoms with E-state index in [-0.39, 0.29) is 12.1 Å². The average molecular weight is 395 g/mol. The zero-order valence-electron chi connectivity index (χ0n) is 17.1. The van der Waals surface area contributed by atoms with E-state index in [0.29, 0.717) is 34.6 Å². The van der Waals surface area contributed by atoms with Crippen LogP contribution in [0.5, 0.6) is 5.75 Å². The minimum Gasteiger partial charge on any atom is -0.497 e. The van der Waals surface area contributed by atoms with E-state index in [1.54, 1.807) is 56.7 Å². The van der Waals surface area contributed by atoms with Crippen LogP contribution in [0.1, 0.15) is 26.6 Å². The lowest BCUT2D eigenvalue weighted by Gasteiger charge is -2.20. The lowest BCUT2D eigenvalue weighted by molar-refractivity contribution is 0.0528. The first-order valence-electron chi connectivity index (χ1n) is 9.40. The molecule has 0 spiro atoms. The fourth-order valence-electron chi connectivity index (χ4n) is 2.93. The van der Waals surface area contributed by atoms with Crippen molar-refractivity contribution < 1.29 is 14.3 Å². The van der Waals surface area contributed by atoms with Crippen LogP contribution >= 0.6 is 0 Å². The summed E-state index contributed by atoms with van der Waals surface area (Å²) >= 11 is 0. The Morgan fingerprint density at radius 1 is 1.10 bits per heavy atom. The van der Waals surface area contributed by atoms with E-state index in [2.05, 4.69) is 10.3 Å². The summed E-state index contributed by atoms with van der Waals surface area (Å²) in [5.41, 5.74) is 0.570. The summed E-state index contributed by atoms with van der Waals surface area (Å²) < 4.78 is 12.0. The highest BCUT2D eigenvalue weighted by molar-refractivity contribution is 5.77. The van der Waals surface area contributed by atoms with Crippen molar-refractivity contribution in [1.29, 1.82) is 0 Å². The molecule has 1 amide bonds. The fraction of sp³-hybridized carbons (Fsp3) is 0.318. The molecule has 0 unspecified atom stereocenters. The number of hydrogen-bond donors (Lipinski definition) is 1. The molecule has 0 saturated heterocycles. The van der Waals surface area contributed by atoms with E-state index in [0.717, 1.165) is 0 Å². The number of carbonyl (C=O) groups is 1. The molecule has 29 heavy (non-hydrogen) atoms. The van der Waals surface area contributed by atoms with Crippen LogP contribution in [0, 0.1) is 0 Å². The van der Waals surface area contributed by atoms with Crippen LogP contribution in [0.4, 0.5) is 4.79 Å². The molecule has 1 aromatic heterocycles. The van der Waals surface area contributed by atoms with Crippen molar-refractivity contribution in [3.05, 3.63) is 64.7 Å². The van der Waals surface area contributed by atoms with Gasteiger partial charge in [0.15, 0.2) is 0 Å². The molecule has 7 nitrogen and oxygen atoms in total. The minimum absolute atomic E-state index is 0.159. The molecule has 0 saturated carbocycles. The molecule has 0 aliphatic carbocycles. The van der Waals surface area contributed by atoms with Gasteiger partial charge in [0, 0.05) is 13.0 Å². The Hall–Kier alpha value is -3.35. The van der Waals surface area contributed by atoms with Crippen molar-refractivity contribution in [3.63, 3.8) is 0 Å². The monoisotopic (exact) mass is 395 g/mol. The van der Waals surface area contributed by atoms with Gasteiger partial charge in [0.25, 0.3) is 5.56 Å². The van der Waals surface area contributed by atoms with E-state index < -0.39 is 11.7 Å². The zero-order chi connectivity index (χ0) is 21.0. The van der Waals surface area contributed by atoms with Gasteiger partial charge in [-0.15, -0.1) is 0 Å². The van der Waals surface area contributed by atoms with Gasteiger partial charge in [0.1, 0.15) is 17.2 Å². The fourth-order valence-corrected chi connectivity index (χ4v) is 2.93. The first-order chi connectivity index (χ1) is 13.8. The van der Waals surface area contributed by atoms with Crippen LogP contribution in [0.3, 0.4) is 0 Å². The van der Waals surface area contributed by atoms with Gasteiger partial charge in [0.2, 0.25) is 0 Å². The normalized spacial score (nSPS) is 11.3. The molecule has 0 bridgehead atoms. The Bertz CT molecular complexity index is 1070. The molecule has 1 heterocycles. The molecule has 0 radical (unpaired) electrons. The van der Waals surface area contributed by atoms with E-state index in [4.69, 9.17) is 9.47 Å². The van der Waals surface area contributed by atoms with Crippen LogP contribution in [-0.4, -0.2) is 34.9 Å². The number of aromatic nitrogens is 2. The second-order valence-corrected chi connectivity index (χ2v) is 7.56. The molecule has 2 aromatic carbocycles. The lowest BCUT2D eigenvalue weighted by Crippen LogP contribution is -2.34. The third-order valence-corrected chi connectivity index (χ3v) is 4.19. The number of methoxy groups -OCH3 is 1.